The fourth-order valence-electron chi connectivity index (χ4n) is 2.63. The molecule has 0 bridgehead atoms. The molecule has 0 aromatic heterocycles. The van der Waals surface area contributed by atoms with Crippen LogP contribution in [0.5, 0.6) is 0 Å². The molecule has 6 nitrogen and oxygen atoms in total. The number of anilines is 1. The van der Waals surface area contributed by atoms with Crippen molar-refractivity contribution >= 4 is 25.7 Å². The van der Waals surface area contributed by atoms with Crippen LogP contribution in [0.2, 0.25) is 0 Å². The van der Waals surface area contributed by atoms with Crippen molar-refractivity contribution in [3.05, 3.63) is 59.2 Å². The smallest absolute Gasteiger partial charge is 0.240 e. The molecule has 2 rings (SSSR count). The van der Waals surface area contributed by atoms with Gasteiger partial charge in [-0.3, -0.25) is 4.31 Å². The maximum absolute atomic E-state index is 12.3. The van der Waals surface area contributed by atoms with Crippen molar-refractivity contribution in [2.24, 2.45) is 0 Å². The van der Waals surface area contributed by atoms with E-state index in [1.165, 1.54) is 16.4 Å². The minimum absolute atomic E-state index is 0.00776. The summed E-state index contributed by atoms with van der Waals surface area (Å²) in [4.78, 5) is 0.153. The second kappa shape index (κ2) is 7.77. The SMILES string of the molecule is Cc1ccc(S(=O)(=O)NCCN(c2ccc(C)cc2C)S(C)(=O)=O)cc1. The summed E-state index contributed by atoms with van der Waals surface area (Å²) in [6, 6.07) is 11.9. The Morgan fingerprint density at radius 3 is 2.00 bits per heavy atom. The molecule has 0 amide bonds. The number of hydrogen-bond donors (Lipinski definition) is 1. The van der Waals surface area contributed by atoms with Gasteiger partial charge in [-0.1, -0.05) is 35.4 Å². The van der Waals surface area contributed by atoms with E-state index < -0.39 is 20.0 Å². The van der Waals surface area contributed by atoms with Crippen LogP contribution in [-0.2, 0) is 20.0 Å². The molecule has 0 fully saturated rings. The van der Waals surface area contributed by atoms with E-state index in [9.17, 15) is 16.8 Å². The van der Waals surface area contributed by atoms with E-state index in [4.69, 9.17) is 0 Å². The molecule has 0 saturated carbocycles. The fraction of sp³-hybridized carbons (Fsp3) is 0.333. The highest BCUT2D eigenvalue weighted by Gasteiger charge is 2.20. The predicted molar refractivity (Wildman–Crippen MR) is 104 cm³/mol. The van der Waals surface area contributed by atoms with Gasteiger partial charge in [0.2, 0.25) is 20.0 Å². The van der Waals surface area contributed by atoms with Crippen LogP contribution in [0.25, 0.3) is 0 Å². The Kier molecular flexibility index (Phi) is 6.10. The van der Waals surface area contributed by atoms with Gasteiger partial charge in [0.15, 0.2) is 0 Å². The predicted octanol–water partition coefficient (Wildman–Crippen LogP) is 2.36. The van der Waals surface area contributed by atoms with Gasteiger partial charge in [0, 0.05) is 13.1 Å². The quantitative estimate of drug-likeness (QED) is 0.779. The maximum atomic E-state index is 12.3. The van der Waals surface area contributed by atoms with Crippen LogP contribution in [-0.4, -0.2) is 36.2 Å². The second-order valence-corrected chi connectivity index (χ2v) is 10.0. The summed E-state index contributed by atoms with van der Waals surface area (Å²) in [5, 5.41) is 0. The minimum atomic E-state index is -3.69. The Labute approximate surface area is 156 Å². The summed E-state index contributed by atoms with van der Waals surface area (Å²) in [5.41, 5.74) is 3.35. The normalized spacial score (nSPS) is 12.2. The summed E-state index contributed by atoms with van der Waals surface area (Å²) < 4.78 is 52.7. The van der Waals surface area contributed by atoms with Gasteiger partial charge < -0.3 is 0 Å². The van der Waals surface area contributed by atoms with E-state index in [2.05, 4.69) is 4.72 Å². The lowest BCUT2D eigenvalue weighted by atomic mass is 10.1. The first-order valence-electron chi connectivity index (χ1n) is 8.12. The first kappa shape index (κ1) is 20.4. The lowest BCUT2D eigenvalue weighted by Crippen LogP contribution is -2.38. The first-order valence-corrected chi connectivity index (χ1v) is 11.5. The third-order valence-electron chi connectivity index (χ3n) is 3.96. The van der Waals surface area contributed by atoms with Crippen molar-refractivity contribution < 1.29 is 16.8 Å². The molecule has 0 aliphatic heterocycles. The highest BCUT2D eigenvalue weighted by molar-refractivity contribution is 7.92. The topological polar surface area (TPSA) is 83.6 Å². The maximum Gasteiger partial charge on any atom is 0.240 e. The van der Waals surface area contributed by atoms with Crippen LogP contribution in [0.15, 0.2) is 47.4 Å². The van der Waals surface area contributed by atoms with Gasteiger partial charge in [0.25, 0.3) is 0 Å². The molecule has 2 aromatic rings. The van der Waals surface area contributed by atoms with Gasteiger partial charge in [-0.2, -0.15) is 0 Å². The molecule has 0 atom stereocenters. The fourth-order valence-corrected chi connectivity index (χ4v) is 4.64. The summed E-state index contributed by atoms with van der Waals surface area (Å²) in [6.07, 6.45) is 1.11. The van der Waals surface area contributed by atoms with Crippen LogP contribution in [0.3, 0.4) is 0 Å². The Morgan fingerprint density at radius 2 is 1.46 bits per heavy atom. The molecule has 0 spiro atoms. The van der Waals surface area contributed by atoms with Gasteiger partial charge in [-0.25, -0.2) is 21.6 Å². The average Bonchev–Trinajstić information content (AvgIpc) is 2.52. The van der Waals surface area contributed by atoms with Crippen molar-refractivity contribution in [3.63, 3.8) is 0 Å². The van der Waals surface area contributed by atoms with Crippen molar-refractivity contribution in [2.45, 2.75) is 25.7 Å². The average molecular weight is 397 g/mol. The molecular formula is C18H24N2O4S2. The molecule has 8 heteroatoms. The number of hydrogen-bond acceptors (Lipinski definition) is 4. The van der Waals surface area contributed by atoms with E-state index in [1.807, 2.05) is 32.9 Å². The highest BCUT2D eigenvalue weighted by Crippen LogP contribution is 2.23. The number of benzene rings is 2. The van der Waals surface area contributed by atoms with E-state index in [0.29, 0.717) is 5.69 Å². The van der Waals surface area contributed by atoms with Crippen LogP contribution < -0.4 is 9.03 Å². The monoisotopic (exact) mass is 396 g/mol. The molecule has 1 N–H and O–H groups in total. The number of nitrogens with zero attached hydrogens (tertiary/aromatic N) is 1. The highest BCUT2D eigenvalue weighted by atomic mass is 32.2. The molecule has 0 heterocycles. The summed E-state index contributed by atoms with van der Waals surface area (Å²) in [6.45, 7) is 5.61. The van der Waals surface area contributed by atoms with E-state index in [0.717, 1.165) is 22.9 Å². The summed E-state index contributed by atoms with van der Waals surface area (Å²) in [5.74, 6) is 0. The number of sulfonamides is 2. The molecule has 0 radical (unpaired) electrons. The van der Waals surface area contributed by atoms with E-state index >= 15 is 0 Å². The Morgan fingerprint density at radius 1 is 0.885 bits per heavy atom. The van der Waals surface area contributed by atoms with Crippen LogP contribution in [0.1, 0.15) is 16.7 Å². The zero-order valence-electron chi connectivity index (χ0n) is 15.4. The molecular weight excluding hydrogens is 372 g/mol. The summed E-state index contributed by atoms with van der Waals surface area (Å²) >= 11 is 0. The first-order chi connectivity index (χ1) is 12.0. The molecule has 2 aromatic carbocycles. The van der Waals surface area contributed by atoms with E-state index in [1.54, 1.807) is 18.2 Å². The standard InChI is InChI=1S/C18H24N2O4S2/c1-14-5-8-17(9-6-14)26(23,24)19-11-12-20(25(4,21)22)18-10-7-15(2)13-16(18)3/h5-10,13,19H,11-12H2,1-4H3. The Bertz CT molecular complexity index is 982. The third kappa shape index (κ3) is 5.06. The van der Waals surface area contributed by atoms with Gasteiger partial charge in [0.1, 0.15) is 0 Å². The van der Waals surface area contributed by atoms with Crippen molar-refractivity contribution in [2.75, 3.05) is 23.7 Å². The van der Waals surface area contributed by atoms with Crippen LogP contribution in [0.4, 0.5) is 5.69 Å². The zero-order chi connectivity index (χ0) is 19.5. The molecule has 0 unspecified atom stereocenters. The lowest BCUT2D eigenvalue weighted by molar-refractivity contribution is 0.578. The van der Waals surface area contributed by atoms with Crippen LogP contribution in [0, 0.1) is 20.8 Å². The van der Waals surface area contributed by atoms with Gasteiger partial charge in [-0.05, 0) is 44.5 Å². The zero-order valence-corrected chi connectivity index (χ0v) is 17.0. The molecule has 0 saturated heterocycles. The molecule has 26 heavy (non-hydrogen) atoms. The lowest BCUT2D eigenvalue weighted by Gasteiger charge is -2.24. The Hall–Kier alpha value is -1.90. The number of nitrogens with one attached hydrogen (secondary N) is 1. The summed E-state index contributed by atoms with van der Waals surface area (Å²) in [7, 11) is -7.23. The van der Waals surface area contributed by atoms with Gasteiger partial charge in [0.05, 0.1) is 16.8 Å². The second-order valence-electron chi connectivity index (χ2n) is 6.34. The largest absolute Gasteiger partial charge is 0.269 e. The molecule has 0 aliphatic rings. The third-order valence-corrected chi connectivity index (χ3v) is 6.62. The van der Waals surface area contributed by atoms with Crippen LogP contribution >= 0.6 is 0 Å². The van der Waals surface area contributed by atoms with Gasteiger partial charge >= 0.3 is 0 Å². The Balaban J connectivity index is 2.17. The van der Waals surface area contributed by atoms with Crippen molar-refractivity contribution in [1.82, 2.24) is 4.72 Å². The van der Waals surface area contributed by atoms with E-state index in [-0.39, 0.29) is 18.0 Å². The van der Waals surface area contributed by atoms with Gasteiger partial charge in [-0.15, -0.1) is 0 Å². The molecule has 0 aliphatic carbocycles. The number of rotatable bonds is 7. The molecule has 142 valence electrons. The number of aryl methyl sites for hydroxylation is 3. The minimum Gasteiger partial charge on any atom is -0.269 e. The van der Waals surface area contributed by atoms with Crippen molar-refractivity contribution in [3.8, 4) is 0 Å². The van der Waals surface area contributed by atoms with Crippen molar-refractivity contribution in [1.29, 1.82) is 0 Å².